The molecule has 3 aromatic rings. The monoisotopic (exact) mass is 472 g/mol. The number of amides is 1. The van der Waals surface area contributed by atoms with Crippen molar-refractivity contribution >= 4 is 11.7 Å². The van der Waals surface area contributed by atoms with Crippen molar-refractivity contribution in [1.82, 2.24) is 15.1 Å². The molecule has 3 aliphatic rings. The summed E-state index contributed by atoms with van der Waals surface area (Å²) in [5.74, 6) is 2.52. The average molecular weight is 473 g/mol. The largest absolute Gasteiger partial charge is 0.454 e. The SMILES string of the molecule is O=C(N1CCN(c2ccc(-c3ccc4c(c3)OCO4)nn2)CC1)C1(c2ccccc2)CCOCC1. The van der Waals surface area contributed by atoms with Gasteiger partial charge in [-0.25, -0.2) is 0 Å². The summed E-state index contributed by atoms with van der Waals surface area (Å²) in [4.78, 5) is 18.0. The highest BCUT2D eigenvalue weighted by Gasteiger charge is 2.44. The predicted molar refractivity (Wildman–Crippen MR) is 131 cm³/mol. The van der Waals surface area contributed by atoms with Gasteiger partial charge in [0.25, 0.3) is 0 Å². The van der Waals surface area contributed by atoms with Crippen molar-refractivity contribution in [2.24, 2.45) is 0 Å². The van der Waals surface area contributed by atoms with Gasteiger partial charge >= 0.3 is 0 Å². The number of aromatic nitrogens is 2. The van der Waals surface area contributed by atoms with E-state index in [1.807, 2.05) is 53.4 Å². The van der Waals surface area contributed by atoms with Gasteiger partial charge in [0.15, 0.2) is 17.3 Å². The molecule has 2 aromatic carbocycles. The Bertz CT molecular complexity index is 1190. The third-order valence-corrected chi connectivity index (χ3v) is 7.29. The van der Waals surface area contributed by atoms with Gasteiger partial charge in [0.05, 0.1) is 11.1 Å². The van der Waals surface area contributed by atoms with Crippen LogP contribution in [-0.4, -0.2) is 67.2 Å². The molecule has 4 heterocycles. The number of rotatable bonds is 4. The molecule has 8 nitrogen and oxygen atoms in total. The van der Waals surface area contributed by atoms with Crippen LogP contribution in [0.5, 0.6) is 11.5 Å². The molecule has 0 aliphatic carbocycles. The van der Waals surface area contributed by atoms with E-state index in [0.29, 0.717) is 26.3 Å². The van der Waals surface area contributed by atoms with E-state index in [9.17, 15) is 4.79 Å². The molecule has 6 rings (SSSR count). The molecule has 8 heteroatoms. The molecule has 180 valence electrons. The van der Waals surface area contributed by atoms with Crippen LogP contribution in [0.1, 0.15) is 18.4 Å². The van der Waals surface area contributed by atoms with E-state index in [-0.39, 0.29) is 12.7 Å². The molecule has 0 N–H and O–H groups in total. The van der Waals surface area contributed by atoms with Crippen LogP contribution in [0.2, 0.25) is 0 Å². The molecule has 2 saturated heterocycles. The zero-order chi connectivity index (χ0) is 23.7. The molecule has 2 fully saturated rings. The molecule has 35 heavy (non-hydrogen) atoms. The first-order chi connectivity index (χ1) is 17.2. The van der Waals surface area contributed by atoms with Crippen LogP contribution in [0.4, 0.5) is 5.82 Å². The van der Waals surface area contributed by atoms with Crippen molar-refractivity contribution < 1.29 is 19.0 Å². The zero-order valence-corrected chi connectivity index (χ0v) is 19.6. The number of hydrogen-bond acceptors (Lipinski definition) is 7. The van der Waals surface area contributed by atoms with E-state index in [1.54, 1.807) is 0 Å². The second-order valence-corrected chi connectivity index (χ2v) is 9.18. The average Bonchev–Trinajstić information content (AvgIpc) is 3.42. The van der Waals surface area contributed by atoms with Crippen molar-refractivity contribution in [3.05, 3.63) is 66.2 Å². The first-order valence-electron chi connectivity index (χ1n) is 12.1. The molecule has 0 bridgehead atoms. The van der Waals surface area contributed by atoms with Gasteiger partial charge in [0.2, 0.25) is 12.7 Å². The lowest BCUT2D eigenvalue weighted by atomic mass is 9.73. The maximum Gasteiger partial charge on any atom is 0.233 e. The van der Waals surface area contributed by atoms with E-state index in [0.717, 1.165) is 60.1 Å². The molecular weight excluding hydrogens is 444 g/mol. The van der Waals surface area contributed by atoms with Crippen LogP contribution < -0.4 is 14.4 Å². The predicted octanol–water partition coefficient (Wildman–Crippen LogP) is 3.27. The molecule has 0 radical (unpaired) electrons. The molecule has 3 aliphatic heterocycles. The number of carbonyl (C=O) groups excluding carboxylic acids is 1. The zero-order valence-electron chi connectivity index (χ0n) is 19.6. The van der Waals surface area contributed by atoms with Crippen LogP contribution in [-0.2, 0) is 14.9 Å². The minimum Gasteiger partial charge on any atom is -0.454 e. The summed E-state index contributed by atoms with van der Waals surface area (Å²) in [5.41, 5.74) is 2.32. The lowest BCUT2D eigenvalue weighted by Gasteiger charge is -2.43. The number of hydrogen-bond donors (Lipinski definition) is 0. The van der Waals surface area contributed by atoms with E-state index >= 15 is 0 Å². The Balaban J connectivity index is 1.13. The second kappa shape index (κ2) is 9.19. The lowest BCUT2D eigenvalue weighted by Crippen LogP contribution is -2.56. The number of piperazine rings is 1. The fourth-order valence-corrected chi connectivity index (χ4v) is 5.25. The van der Waals surface area contributed by atoms with Crippen molar-refractivity contribution in [1.29, 1.82) is 0 Å². The van der Waals surface area contributed by atoms with E-state index < -0.39 is 5.41 Å². The minimum absolute atomic E-state index is 0.218. The Morgan fingerprint density at radius 3 is 2.34 bits per heavy atom. The highest BCUT2D eigenvalue weighted by atomic mass is 16.7. The van der Waals surface area contributed by atoms with Crippen LogP contribution in [0.3, 0.4) is 0 Å². The summed E-state index contributed by atoms with van der Waals surface area (Å²) in [7, 11) is 0. The Labute approximate surface area is 204 Å². The number of fused-ring (bicyclic) bond motifs is 1. The maximum atomic E-state index is 13.8. The Morgan fingerprint density at radius 2 is 1.60 bits per heavy atom. The van der Waals surface area contributed by atoms with Gasteiger partial charge in [-0.2, -0.15) is 0 Å². The van der Waals surface area contributed by atoms with Crippen molar-refractivity contribution in [2.45, 2.75) is 18.3 Å². The van der Waals surface area contributed by atoms with Gasteiger partial charge in [-0.3, -0.25) is 4.79 Å². The topological polar surface area (TPSA) is 77.0 Å². The molecular formula is C27H28N4O4. The summed E-state index contributed by atoms with van der Waals surface area (Å²) in [6.45, 7) is 4.27. The highest BCUT2D eigenvalue weighted by molar-refractivity contribution is 5.88. The number of benzene rings is 2. The van der Waals surface area contributed by atoms with E-state index in [4.69, 9.17) is 14.2 Å². The van der Waals surface area contributed by atoms with Gasteiger partial charge in [-0.1, -0.05) is 30.3 Å². The Hall–Kier alpha value is -3.65. The fourth-order valence-electron chi connectivity index (χ4n) is 5.25. The quantitative estimate of drug-likeness (QED) is 0.577. The van der Waals surface area contributed by atoms with E-state index in [1.165, 1.54) is 0 Å². The first-order valence-corrected chi connectivity index (χ1v) is 12.1. The number of ether oxygens (including phenoxy) is 3. The van der Waals surface area contributed by atoms with Crippen LogP contribution in [0.15, 0.2) is 60.7 Å². The highest BCUT2D eigenvalue weighted by Crippen LogP contribution is 2.38. The summed E-state index contributed by atoms with van der Waals surface area (Å²) in [5, 5.41) is 8.92. The van der Waals surface area contributed by atoms with Gasteiger partial charge in [0, 0.05) is 45.0 Å². The molecule has 0 atom stereocenters. The minimum atomic E-state index is -0.492. The third kappa shape index (κ3) is 4.08. The maximum absolute atomic E-state index is 13.8. The second-order valence-electron chi connectivity index (χ2n) is 9.18. The van der Waals surface area contributed by atoms with Crippen molar-refractivity contribution in [3.63, 3.8) is 0 Å². The summed E-state index contributed by atoms with van der Waals surface area (Å²) >= 11 is 0. The lowest BCUT2D eigenvalue weighted by molar-refractivity contribution is -0.141. The van der Waals surface area contributed by atoms with Crippen molar-refractivity contribution in [2.75, 3.05) is 51.1 Å². The van der Waals surface area contributed by atoms with Gasteiger partial charge in [0.1, 0.15) is 0 Å². The Morgan fingerprint density at radius 1 is 0.829 bits per heavy atom. The molecule has 0 saturated carbocycles. The van der Waals surface area contributed by atoms with Crippen LogP contribution in [0, 0.1) is 0 Å². The Kier molecular flexibility index (Phi) is 5.74. The standard InChI is InChI=1S/C27H28N4O4/c32-26(27(10-16-33-17-11-27)21-4-2-1-3-5-21)31-14-12-30(13-15-31)25-9-7-22(28-29-25)20-6-8-23-24(18-20)35-19-34-23/h1-9,18H,10-17,19H2. The fraction of sp³-hybridized carbons (Fsp3) is 0.370. The summed E-state index contributed by atoms with van der Waals surface area (Å²) in [6, 6.07) is 19.9. The number of anilines is 1. The third-order valence-electron chi connectivity index (χ3n) is 7.29. The first kappa shape index (κ1) is 21.9. The normalized spacial score (nSPS) is 19.0. The van der Waals surface area contributed by atoms with Gasteiger partial charge < -0.3 is 24.0 Å². The smallest absolute Gasteiger partial charge is 0.233 e. The number of nitrogens with zero attached hydrogens (tertiary/aromatic N) is 4. The summed E-state index contributed by atoms with van der Waals surface area (Å²) in [6.07, 6.45) is 1.45. The molecule has 0 spiro atoms. The molecule has 0 unspecified atom stereocenters. The van der Waals surface area contributed by atoms with E-state index in [2.05, 4.69) is 27.2 Å². The summed E-state index contributed by atoms with van der Waals surface area (Å²) < 4.78 is 16.5. The molecule has 1 aromatic heterocycles. The van der Waals surface area contributed by atoms with Crippen molar-refractivity contribution in [3.8, 4) is 22.8 Å². The van der Waals surface area contributed by atoms with Crippen LogP contribution >= 0.6 is 0 Å². The van der Waals surface area contributed by atoms with Gasteiger partial charge in [-0.15, -0.1) is 10.2 Å². The number of carbonyl (C=O) groups is 1. The van der Waals surface area contributed by atoms with Gasteiger partial charge in [-0.05, 0) is 48.7 Å². The molecule has 1 amide bonds. The van der Waals surface area contributed by atoms with Crippen LogP contribution in [0.25, 0.3) is 11.3 Å².